The van der Waals surface area contributed by atoms with E-state index in [1.807, 2.05) is 0 Å². The fraction of sp³-hybridized carbons (Fsp3) is 0.167. The summed E-state index contributed by atoms with van der Waals surface area (Å²) in [7, 11) is 1.79. The number of nitrogens with zero attached hydrogens (tertiary/aromatic N) is 2. The molecule has 0 radical (unpaired) electrons. The maximum Gasteiger partial charge on any atom is 0.286 e. The minimum absolute atomic E-state index is 0.0172. The second kappa shape index (κ2) is 6.07. The van der Waals surface area contributed by atoms with E-state index in [-0.39, 0.29) is 10.7 Å². The Morgan fingerprint density at radius 2 is 2.05 bits per heavy atom. The van der Waals surface area contributed by atoms with Crippen LogP contribution in [0.1, 0.15) is 5.69 Å². The van der Waals surface area contributed by atoms with Crippen molar-refractivity contribution in [2.75, 3.05) is 0 Å². The third kappa shape index (κ3) is 2.94. The summed E-state index contributed by atoms with van der Waals surface area (Å²) in [4.78, 5) is 12.3. The maximum absolute atomic E-state index is 12.3. The van der Waals surface area contributed by atoms with E-state index in [2.05, 4.69) is 15.9 Å². The molecule has 0 atom stereocenters. The molecule has 1 aromatic carbocycles. The molecular formula is C12H12BrClN4OS. The first-order chi connectivity index (χ1) is 9.41. The quantitative estimate of drug-likeness (QED) is 0.639. The van der Waals surface area contributed by atoms with Crippen molar-refractivity contribution in [1.29, 1.82) is 5.41 Å². The van der Waals surface area contributed by atoms with Gasteiger partial charge in [-0.05, 0) is 40.2 Å². The summed E-state index contributed by atoms with van der Waals surface area (Å²) in [6, 6.07) is 7.01. The molecule has 1 aromatic heterocycles. The molecule has 0 bridgehead atoms. The summed E-state index contributed by atoms with van der Waals surface area (Å²) in [6.07, 6.45) is 0. The normalized spacial score (nSPS) is 10.8. The van der Waals surface area contributed by atoms with Gasteiger partial charge < -0.3 is 5.73 Å². The predicted octanol–water partition coefficient (Wildman–Crippen LogP) is 2.72. The molecule has 3 N–H and O–H groups in total. The molecule has 0 spiro atoms. The lowest BCUT2D eigenvalue weighted by molar-refractivity contribution is 0.628. The number of hydrogen-bond donors (Lipinski definition) is 2. The van der Waals surface area contributed by atoms with Gasteiger partial charge in [0, 0.05) is 17.8 Å². The van der Waals surface area contributed by atoms with E-state index in [4.69, 9.17) is 22.7 Å². The fourth-order valence-corrected chi connectivity index (χ4v) is 3.29. The number of rotatable bonds is 3. The molecule has 0 aliphatic carbocycles. The second-order valence-electron chi connectivity index (χ2n) is 4.03. The molecule has 0 aliphatic rings. The molecule has 0 saturated carbocycles. The van der Waals surface area contributed by atoms with Crippen LogP contribution in [0.2, 0.25) is 5.02 Å². The van der Waals surface area contributed by atoms with Gasteiger partial charge in [0.1, 0.15) is 4.47 Å². The molecule has 5 nitrogen and oxygen atoms in total. The lowest BCUT2D eigenvalue weighted by Gasteiger charge is -2.09. The smallest absolute Gasteiger partial charge is 0.286 e. The van der Waals surface area contributed by atoms with E-state index in [0.29, 0.717) is 15.2 Å². The van der Waals surface area contributed by atoms with Gasteiger partial charge in [0.25, 0.3) is 5.56 Å². The number of amidine groups is 1. The van der Waals surface area contributed by atoms with E-state index in [0.717, 1.165) is 11.4 Å². The van der Waals surface area contributed by atoms with Crippen molar-refractivity contribution in [1.82, 2.24) is 9.36 Å². The molecule has 0 amide bonds. The Kier molecular flexibility index (Phi) is 4.62. The number of nitrogens with one attached hydrogen (secondary N) is 1. The summed E-state index contributed by atoms with van der Waals surface area (Å²) in [5.74, 6) is 0.447. The topological polar surface area (TPSA) is 76.8 Å². The lowest BCUT2D eigenvalue weighted by Crippen LogP contribution is -2.19. The van der Waals surface area contributed by atoms with Crippen molar-refractivity contribution in [3.63, 3.8) is 0 Å². The SMILES string of the molecule is Cn1c(CSC(=N)N)c(Br)c(=O)n1-c1ccc(Cl)cc1. The Hall–Kier alpha value is -1.18. The van der Waals surface area contributed by atoms with Crippen LogP contribution >= 0.6 is 39.3 Å². The molecule has 0 saturated heterocycles. The zero-order chi connectivity index (χ0) is 14.9. The van der Waals surface area contributed by atoms with Crippen LogP contribution in [0.15, 0.2) is 33.5 Å². The Bertz CT molecular complexity index is 707. The van der Waals surface area contributed by atoms with E-state index >= 15 is 0 Å². The maximum atomic E-state index is 12.3. The molecule has 2 rings (SSSR count). The van der Waals surface area contributed by atoms with Crippen molar-refractivity contribution in [2.24, 2.45) is 12.8 Å². The number of nitrogens with two attached hydrogens (primary N) is 1. The number of halogens is 2. The number of thioether (sulfide) groups is 1. The summed E-state index contributed by atoms with van der Waals surface area (Å²) < 4.78 is 3.76. The number of aromatic nitrogens is 2. The summed E-state index contributed by atoms with van der Waals surface area (Å²) in [6.45, 7) is 0. The van der Waals surface area contributed by atoms with Crippen molar-refractivity contribution in [3.8, 4) is 5.69 Å². The van der Waals surface area contributed by atoms with Crippen LogP contribution in [0.4, 0.5) is 0 Å². The highest BCUT2D eigenvalue weighted by molar-refractivity contribution is 9.10. The number of benzene rings is 1. The van der Waals surface area contributed by atoms with Crippen LogP contribution < -0.4 is 11.3 Å². The van der Waals surface area contributed by atoms with Gasteiger partial charge in [0.05, 0.1) is 11.4 Å². The lowest BCUT2D eigenvalue weighted by atomic mass is 10.3. The highest BCUT2D eigenvalue weighted by Gasteiger charge is 2.17. The first-order valence-corrected chi connectivity index (χ1v) is 7.76. The third-order valence-corrected chi connectivity index (χ3v) is 4.54. The van der Waals surface area contributed by atoms with Gasteiger partial charge in [-0.1, -0.05) is 23.4 Å². The van der Waals surface area contributed by atoms with Crippen LogP contribution in [0.25, 0.3) is 5.69 Å². The van der Waals surface area contributed by atoms with E-state index < -0.39 is 0 Å². The standard InChI is InChI=1S/C12H12BrClN4OS/c1-17-9(6-20-12(15)16)10(13)11(19)18(17)8-4-2-7(14)3-5-8/h2-5H,6H2,1H3,(H3,15,16). The largest absolute Gasteiger partial charge is 0.379 e. The monoisotopic (exact) mass is 374 g/mol. The second-order valence-corrected chi connectivity index (χ2v) is 6.28. The Morgan fingerprint density at radius 3 is 2.60 bits per heavy atom. The average Bonchev–Trinajstić information content (AvgIpc) is 2.60. The zero-order valence-electron chi connectivity index (χ0n) is 10.6. The minimum Gasteiger partial charge on any atom is -0.379 e. The van der Waals surface area contributed by atoms with Crippen molar-refractivity contribution >= 4 is 44.5 Å². The molecule has 2 aromatic rings. The highest BCUT2D eigenvalue weighted by atomic mass is 79.9. The van der Waals surface area contributed by atoms with Gasteiger partial charge in [0.2, 0.25) is 0 Å². The first kappa shape index (κ1) is 15.2. The Morgan fingerprint density at radius 1 is 1.45 bits per heavy atom. The number of hydrogen-bond acceptors (Lipinski definition) is 3. The Labute approximate surface area is 133 Å². The average molecular weight is 376 g/mol. The first-order valence-electron chi connectivity index (χ1n) is 5.61. The van der Waals surface area contributed by atoms with E-state index in [1.165, 1.54) is 16.4 Å². The van der Waals surface area contributed by atoms with Crippen molar-refractivity contribution in [3.05, 3.63) is 49.8 Å². The van der Waals surface area contributed by atoms with Gasteiger partial charge in [-0.15, -0.1) is 0 Å². The molecule has 0 aliphatic heterocycles. The molecule has 20 heavy (non-hydrogen) atoms. The van der Waals surface area contributed by atoms with Gasteiger partial charge in [-0.25, -0.2) is 4.68 Å². The van der Waals surface area contributed by atoms with Gasteiger partial charge in [-0.2, -0.15) is 0 Å². The minimum atomic E-state index is -0.158. The molecule has 1 heterocycles. The van der Waals surface area contributed by atoms with Gasteiger partial charge >= 0.3 is 0 Å². The van der Waals surface area contributed by atoms with Crippen molar-refractivity contribution < 1.29 is 0 Å². The molecule has 0 unspecified atom stereocenters. The van der Waals surface area contributed by atoms with Crippen LogP contribution in [-0.2, 0) is 12.8 Å². The summed E-state index contributed by atoms with van der Waals surface area (Å²) in [5, 5.41) is 7.88. The fourth-order valence-electron chi connectivity index (χ4n) is 1.79. The highest BCUT2D eigenvalue weighted by Crippen LogP contribution is 2.21. The summed E-state index contributed by atoms with van der Waals surface area (Å²) in [5.41, 5.74) is 6.67. The predicted molar refractivity (Wildman–Crippen MR) is 86.9 cm³/mol. The van der Waals surface area contributed by atoms with E-state index in [1.54, 1.807) is 36.0 Å². The Balaban J connectivity index is 2.50. The van der Waals surface area contributed by atoms with Gasteiger partial charge in [0.15, 0.2) is 5.17 Å². The molecule has 8 heteroatoms. The molecule has 106 valence electrons. The molecule has 0 fully saturated rings. The molecular weight excluding hydrogens is 364 g/mol. The van der Waals surface area contributed by atoms with Crippen LogP contribution in [0.3, 0.4) is 0 Å². The van der Waals surface area contributed by atoms with Crippen LogP contribution in [0.5, 0.6) is 0 Å². The summed E-state index contributed by atoms with van der Waals surface area (Å²) >= 11 is 10.3. The zero-order valence-corrected chi connectivity index (χ0v) is 13.7. The van der Waals surface area contributed by atoms with E-state index in [9.17, 15) is 4.79 Å². The van der Waals surface area contributed by atoms with Crippen LogP contribution in [-0.4, -0.2) is 14.5 Å². The van der Waals surface area contributed by atoms with Crippen molar-refractivity contribution in [2.45, 2.75) is 5.75 Å². The van der Waals surface area contributed by atoms with Gasteiger partial charge in [-0.3, -0.25) is 14.9 Å². The third-order valence-electron chi connectivity index (χ3n) is 2.76. The van der Waals surface area contributed by atoms with Crippen LogP contribution in [0, 0.1) is 5.41 Å².